The first kappa shape index (κ1) is 21.2. The van der Waals surface area contributed by atoms with Crippen molar-refractivity contribution >= 4 is 27.1 Å². The lowest BCUT2D eigenvalue weighted by molar-refractivity contribution is -0.137. The van der Waals surface area contributed by atoms with Gasteiger partial charge in [0.25, 0.3) is 0 Å². The van der Waals surface area contributed by atoms with Crippen LogP contribution in [0.2, 0.25) is 0 Å². The van der Waals surface area contributed by atoms with Crippen LogP contribution in [0, 0.1) is 0 Å². The Hall–Kier alpha value is -2.55. The van der Waals surface area contributed by atoms with E-state index in [0.717, 1.165) is 31.4 Å². The molecule has 1 N–H and O–H groups in total. The van der Waals surface area contributed by atoms with Crippen molar-refractivity contribution in [2.24, 2.45) is 0 Å². The van der Waals surface area contributed by atoms with Gasteiger partial charge in [-0.05, 0) is 49.6 Å². The Labute approximate surface area is 167 Å². The van der Waals surface area contributed by atoms with Gasteiger partial charge in [0, 0.05) is 13.1 Å². The molecule has 156 valence electrons. The maximum atomic E-state index is 13.1. The summed E-state index contributed by atoms with van der Waals surface area (Å²) in [5.41, 5.74) is -0.474. The summed E-state index contributed by atoms with van der Waals surface area (Å²) >= 11 is 0. The van der Waals surface area contributed by atoms with Crippen LogP contribution in [0.3, 0.4) is 0 Å². The van der Waals surface area contributed by atoms with E-state index in [-0.39, 0.29) is 10.6 Å². The molecule has 29 heavy (non-hydrogen) atoms. The Balaban J connectivity index is 1.86. The normalized spacial score (nSPS) is 15.2. The highest BCUT2D eigenvalue weighted by molar-refractivity contribution is 7.92. The van der Waals surface area contributed by atoms with Gasteiger partial charge in [0.1, 0.15) is 5.75 Å². The number of alkyl halides is 3. The lowest BCUT2D eigenvalue weighted by Crippen LogP contribution is -2.31. The van der Waals surface area contributed by atoms with Gasteiger partial charge in [-0.15, -0.1) is 0 Å². The molecule has 0 unspecified atom stereocenters. The molecule has 0 aromatic heterocycles. The van der Waals surface area contributed by atoms with Crippen molar-refractivity contribution in [3.8, 4) is 0 Å². The molecule has 1 aliphatic heterocycles. The smallest absolute Gasteiger partial charge is 0.370 e. The van der Waals surface area contributed by atoms with Crippen LogP contribution in [0.4, 0.5) is 24.5 Å². The number of piperidine rings is 1. The third kappa shape index (κ3) is 5.29. The zero-order valence-electron chi connectivity index (χ0n) is 15.6. The van der Waals surface area contributed by atoms with Crippen LogP contribution in [-0.2, 0) is 20.8 Å². The molecule has 1 saturated heterocycles. The third-order valence-corrected chi connectivity index (χ3v) is 6.35. The quantitative estimate of drug-likeness (QED) is 0.782. The van der Waals surface area contributed by atoms with Gasteiger partial charge < -0.3 is 10.2 Å². The SMILES string of the molecule is O=C(CS(=O)(=O)c1ccccc1)Nc1cc(C(F)(F)F)ccc1N1CCCCC1. The van der Waals surface area contributed by atoms with E-state index in [2.05, 4.69) is 5.32 Å². The summed E-state index contributed by atoms with van der Waals surface area (Å²) in [6.45, 7) is 1.33. The summed E-state index contributed by atoms with van der Waals surface area (Å²) in [6, 6.07) is 10.6. The predicted octanol–water partition coefficient (Wildman–Crippen LogP) is 4.11. The Morgan fingerprint density at radius 3 is 2.28 bits per heavy atom. The van der Waals surface area contributed by atoms with Gasteiger partial charge in [0.05, 0.1) is 21.8 Å². The van der Waals surface area contributed by atoms with Crippen molar-refractivity contribution in [1.29, 1.82) is 0 Å². The Kier molecular flexibility index (Phi) is 6.16. The second kappa shape index (κ2) is 8.44. The minimum absolute atomic E-state index is 0.0181. The number of hydrogen-bond donors (Lipinski definition) is 1. The third-order valence-electron chi connectivity index (χ3n) is 4.72. The molecule has 0 radical (unpaired) electrons. The molecular weight excluding hydrogens is 405 g/mol. The van der Waals surface area contributed by atoms with Gasteiger partial charge in [-0.25, -0.2) is 8.42 Å². The van der Waals surface area contributed by atoms with Crippen LogP contribution < -0.4 is 10.2 Å². The zero-order valence-corrected chi connectivity index (χ0v) is 16.4. The number of amides is 1. The molecule has 9 heteroatoms. The molecule has 2 aromatic carbocycles. The fraction of sp³-hybridized carbons (Fsp3) is 0.350. The number of nitrogens with zero attached hydrogens (tertiary/aromatic N) is 1. The largest absolute Gasteiger partial charge is 0.416 e. The summed E-state index contributed by atoms with van der Waals surface area (Å²) in [4.78, 5) is 14.3. The first-order valence-corrected chi connectivity index (χ1v) is 10.9. The highest BCUT2D eigenvalue weighted by atomic mass is 32.2. The van der Waals surface area contributed by atoms with Gasteiger partial charge in [-0.2, -0.15) is 13.2 Å². The topological polar surface area (TPSA) is 66.5 Å². The minimum atomic E-state index is -4.57. The van der Waals surface area contributed by atoms with Crippen molar-refractivity contribution in [2.75, 3.05) is 29.1 Å². The zero-order chi connectivity index (χ0) is 21.1. The fourth-order valence-electron chi connectivity index (χ4n) is 3.29. The van der Waals surface area contributed by atoms with E-state index in [1.54, 1.807) is 6.07 Å². The minimum Gasteiger partial charge on any atom is -0.370 e. The second-order valence-corrected chi connectivity index (χ2v) is 8.89. The van der Waals surface area contributed by atoms with Crippen LogP contribution in [0.15, 0.2) is 53.4 Å². The molecule has 0 saturated carbocycles. The summed E-state index contributed by atoms with van der Waals surface area (Å²) in [6.07, 6.45) is -1.74. The Morgan fingerprint density at radius 1 is 1.00 bits per heavy atom. The number of rotatable bonds is 5. The lowest BCUT2D eigenvalue weighted by atomic mass is 10.1. The molecule has 0 spiro atoms. The molecule has 3 rings (SSSR count). The van der Waals surface area contributed by atoms with Gasteiger partial charge in [0.15, 0.2) is 9.84 Å². The summed E-state index contributed by atoms with van der Waals surface area (Å²) in [7, 11) is -3.90. The molecule has 0 aliphatic carbocycles. The second-order valence-electron chi connectivity index (χ2n) is 6.90. The molecule has 1 amide bonds. The van der Waals surface area contributed by atoms with Crippen LogP contribution >= 0.6 is 0 Å². The number of anilines is 2. The van der Waals surface area contributed by atoms with E-state index in [0.29, 0.717) is 18.8 Å². The molecule has 5 nitrogen and oxygen atoms in total. The first-order chi connectivity index (χ1) is 13.7. The highest BCUT2D eigenvalue weighted by Crippen LogP contribution is 2.36. The standard InChI is InChI=1S/C20H21F3N2O3S/c21-20(22,23)15-9-10-18(25-11-5-2-6-12-25)17(13-15)24-19(26)14-29(27,28)16-7-3-1-4-8-16/h1,3-4,7-10,13H,2,5-6,11-12,14H2,(H,24,26). The number of carbonyl (C=O) groups excluding carboxylic acids is 1. The van der Waals surface area contributed by atoms with E-state index in [1.165, 1.54) is 30.3 Å². The van der Waals surface area contributed by atoms with Gasteiger partial charge in [-0.1, -0.05) is 18.2 Å². The van der Waals surface area contributed by atoms with Crippen LogP contribution in [-0.4, -0.2) is 33.2 Å². The number of sulfone groups is 1. The Bertz CT molecular complexity index is 970. The number of hydrogen-bond acceptors (Lipinski definition) is 4. The predicted molar refractivity (Wildman–Crippen MR) is 105 cm³/mol. The monoisotopic (exact) mass is 426 g/mol. The maximum absolute atomic E-state index is 13.1. The van der Waals surface area contributed by atoms with Crippen LogP contribution in [0.5, 0.6) is 0 Å². The molecule has 0 atom stereocenters. The number of carbonyl (C=O) groups is 1. The van der Waals surface area contributed by atoms with E-state index in [4.69, 9.17) is 0 Å². The van der Waals surface area contributed by atoms with Crippen molar-refractivity contribution in [3.63, 3.8) is 0 Å². The number of nitrogens with one attached hydrogen (secondary N) is 1. The highest BCUT2D eigenvalue weighted by Gasteiger charge is 2.32. The van der Waals surface area contributed by atoms with Crippen LogP contribution in [0.1, 0.15) is 24.8 Å². The summed E-state index contributed by atoms with van der Waals surface area (Å²) in [5.74, 6) is -1.74. The van der Waals surface area contributed by atoms with Gasteiger partial charge in [-0.3, -0.25) is 4.79 Å². The van der Waals surface area contributed by atoms with Crippen LogP contribution in [0.25, 0.3) is 0 Å². The van der Waals surface area contributed by atoms with Crippen molar-refractivity contribution in [2.45, 2.75) is 30.3 Å². The first-order valence-electron chi connectivity index (χ1n) is 9.21. The van der Waals surface area contributed by atoms with E-state index in [9.17, 15) is 26.4 Å². The number of benzene rings is 2. The molecule has 1 heterocycles. The van der Waals surface area contributed by atoms with Crippen molar-refractivity contribution in [1.82, 2.24) is 0 Å². The maximum Gasteiger partial charge on any atom is 0.416 e. The summed E-state index contributed by atoms with van der Waals surface area (Å²) in [5, 5.41) is 2.39. The summed E-state index contributed by atoms with van der Waals surface area (Å²) < 4.78 is 64.2. The molecular formula is C20H21F3N2O3S. The molecule has 2 aromatic rings. The average Bonchev–Trinajstić information content (AvgIpc) is 2.68. The fourth-order valence-corrected chi connectivity index (χ4v) is 4.45. The van der Waals surface area contributed by atoms with Gasteiger partial charge in [0.2, 0.25) is 5.91 Å². The Morgan fingerprint density at radius 2 is 1.66 bits per heavy atom. The van der Waals surface area contributed by atoms with E-state index >= 15 is 0 Å². The van der Waals surface area contributed by atoms with Gasteiger partial charge >= 0.3 is 6.18 Å². The van der Waals surface area contributed by atoms with Crippen molar-refractivity contribution in [3.05, 3.63) is 54.1 Å². The molecule has 1 aliphatic rings. The lowest BCUT2D eigenvalue weighted by Gasteiger charge is -2.31. The average molecular weight is 426 g/mol. The van der Waals surface area contributed by atoms with E-state index in [1.807, 2.05) is 4.90 Å². The number of halogens is 3. The molecule has 0 bridgehead atoms. The van der Waals surface area contributed by atoms with E-state index < -0.39 is 33.2 Å². The molecule has 1 fully saturated rings. The van der Waals surface area contributed by atoms with Crippen molar-refractivity contribution < 1.29 is 26.4 Å².